The number of alkyl halides is 1. The second-order valence-electron chi connectivity index (χ2n) is 2.54. The Balaban J connectivity index is 4.10. The summed E-state index contributed by atoms with van der Waals surface area (Å²) < 4.78 is 35.4. The van der Waals surface area contributed by atoms with E-state index >= 15 is 0 Å². The van der Waals surface area contributed by atoms with E-state index in [2.05, 4.69) is 0 Å². The predicted octanol–water partition coefficient (Wildman–Crippen LogP) is -0.262. The van der Waals surface area contributed by atoms with Crippen molar-refractivity contribution in [2.24, 2.45) is 0 Å². The van der Waals surface area contributed by atoms with Crippen LogP contribution in [-0.2, 0) is 14.8 Å². The molecule has 0 aliphatic heterocycles. The average molecular weight is 213 g/mol. The Labute approximate surface area is 76.0 Å². The maximum atomic E-state index is 11.6. The van der Waals surface area contributed by atoms with Gasteiger partial charge in [-0.3, -0.25) is 9.18 Å². The van der Waals surface area contributed by atoms with Crippen LogP contribution in [0.1, 0.15) is 13.3 Å². The van der Waals surface area contributed by atoms with Gasteiger partial charge in [0.25, 0.3) is 0 Å². The van der Waals surface area contributed by atoms with E-state index in [1.807, 2.05) is 4.72 Å². The molecule has 0 spiro atoms. The van der Waals surface area contributed by atoms with Crippen molar-refractivity contribution in [1.29, 1.82) is 0 Å². The minimum atomic E-state index is -3.66. The first-order chi connectivity index (χ1) is 5.89. The molecule has 0 saturated heterocycles. The molecule has 0 rings (SSSR count). The van der Waals surface area contributed by atoms with Gasteiger partial charge in [0.2, 0.25) is 10.0 Å². The molecule has 0 unspecified atom stereocenters. The van der Waals surface area contributed by atoms with Crippen molar-refractivity contribution >= 4 is 16.0 Å². The normalized spacial score (nSPS) is 14.0. The SMILES string of the molecule is C[C@@H](NS(=O)(=O)CCCF)C(=O)O. The van der Waals surface area contributed by atoms with Gasteiger partial charge in [0, 0.05) is 0 Å². The van der Waals surface area contributed by atoms with Crippen molar-refractivity contribution in [1.82, 2.24) is 4.72 Å². The minimum absolute atomic E-state index is 0.123. The molecular weight excluding hydrogens is 201 g/mol. The Kier molecular flexibility index (Phi) is 4.86. The summed E-state index contributed by atoms with van der Waals surface area (Å²) in [6, 6.07) is -1.18. The average Bonchev–Trinajstić information content (AvgIpc) is 2.00. The Morgan fingerprint density at radius 1 is 1.62 bits per heavy atom. The van der Waals surface area contributed by atoms with Gasteiger partial charge in [-0.1, -0.05) is 0 Å². The van der Waals surface area contributed by atoms with Crippen LogP contribution in [0.15, 0.2) is 0 Å². The van der Waals surface area contributed by atoms with E-state index in [4.69, 9.17) is 5.11 Å². The molecule has 13 heavy (non-hydrogen) atoms. The number of carboxylic acids is 1. The molecule has 0 fully saturated rings. The zero-order valence-corrected chi connectivity index (χ0v) is 7.97. The van der Waals surface area contributed by atoms with Gasteiger partial charge in [-0.15, -0.1) is 0 Å². The van der Waals surface area contributed by atoms with Crippen LogP contribution >= 0.6 is 0 Å². The lowest BCUT2D eigenvalue weighted by Gasteiger charge is -2.08. The maximum Gasteiger partial charge on any atom is 0.321 e. The van der Waals surface area contributed by atoms with Crippen molar-refractivity contribution in [2.45, 2.75) is 19.4 Å². The minimum Gasteiger partial charge on any atom is -0.480 e. The van der Waals surface area contributed by atoms with E-state index in [0.29, 0.717) is 0 Å². The van der Waals surface area contributed by atoms with Gasteiger partial charge in [-0.25, -0.2) is 13.1 Å². The number of sulfonamides is 1. The lowest BCUT2D eigenvalue weighted by Crippen LogP contribution is -2.39. The Hall–Kier alpha value is -0.690. The molecule has 2 N–H and O–H groups in total. The summed E-state index contributed by atoms with van der Waals surface area (Å²) in [4.78, 5) is 10.2. The molecular formula is C6H12FNO4S. The van der Waals surface area contributed by atoms with Gasteiger partial charge in [0.15, 0.2) is 0 Å². The third kappa shape index (κ3) is 5.53. The monoisotopic (exact) mass is 213 g/mol. The molecule has 78 valence electrons. The highest BCUT2D eigenvalue weighted by Gasteiger charge is 2.18. The van der Waals surface area contributed by atoms with Gasteiger partial charge in [0.1, 0.15) is 6.04 Å². The molecule has 0 aromatic heterocycles. The first kappa shape index (κ1) is 12.3. The molecule has 0 amide bonds. The summed E-state index contributed by atoms with van der Waals surface area (Å²) in [5.74, 6) is -1.65. The van der Waals surface area contributed by atoms with Gasteiger partial charge in [0.05, 0.1) is 12.4 Å². The van der Waals surface area contributed by atoms with Gasteiger partial charge < -0.3 is 5.11 Å². The van der Waals surface area contributed by atoms with Crippen molar-refractivity contribution in [3.63, 3.8) is 0 Å². The summed E-state index contributed by atoms with van der Waals surface area (Å²) in [5, 5.41) is 8.37. The molecule has 5 nitrogen and oxygen atoms in total. The second-order valence-corrected chi connectivity index (χ2v) is 4.41. The standard InChI is InChI=1S/C6H12FNO4S/c1-5(6(9)10)8-13(11,12)4-2-3-7/h5,8H,2-4H2,1H3,(H,9,10)/t5-/m1/s1. The fourth-order valence-electron chi connectivity index (χ4n) is 0.623. The number of aliphatic carboxylic acids is 1. The zero-order chi connectivity index (χ0) is 10.5. The highest BCUT2D eigenvalue weighted by molar-refractivity contribution is 7.89. The molecule has 0 saturated carbocycles. The van der Waals surface area contributed by atoms with Crippen LogP contribution in [-0.4, -0.2) is 38.0 Å². The molecule has 0 aliphatic carbocycles. The van der Waals surface area contributed by atoms with E-state index in [-0.39, 0.29) is 12.2 Å². The fraction of sp³-hybridized carbons (Fsp3) is 0.833. The van der Waals surface area contributed by atoms with Gasteiger partial charge >= 0.3 is 5.97 Å². The summed E-state index contributed by atoms with van der Waals surface area (Å²) in [6.45, 7) is 0.470. The van der Waals surface area contributed by atoms with Crippen molar-refractivity contribution in [2.75, 3.05) is 12.4 Å². The quantitative estimate of drug-likeness (QED) is 0.636. The molecule has 0 aromatic rings. The molecule has 0 heterocycles. The van der Waals surface area contributed by atoms with E-state index in [9.17, 15) is 17.6 Å². The van der Waals surface area contributed by atoms with Crippen molar-refractivity contribution in [3.8, 4) is 0 Å². The van der Waals surface area contributed by atoms with Crippen LogP contribution in [0.3, 0.4) is 0 Å². The van der Waals surface area contributed by atoms with E-state index in [1.165, 1.54) is 6.92 Å². The predicted molar refractivity (Wildman–Crippen MR) is 44.6 cm³/mol. The number of halogens is 1. The smallest absolute Gasteiger partial charge is 0.321 e. The first-order valence-electron chi connectivity index (χ1n) is 3.68. The maximum absolute atomic E-state index is 11.6. The van der Waals surface area contributed by atoms with E-state index in [0.717, 1.165) is 0 Å². The zero-order valence-electron chi connectivity index (χ0n) is 7.16. The van der Waals surface area contributed by atoms with Crippen LogP contribution in [0.2, 0.25) is 0 Å². The summed E-state index contributed by atoms with van der Waals surface area (Å²) in [7, 11) is -3.66. The van der Waals surface area contributed by atoms with E-state index in [1.54, 1.807) is 0 Å². The van der Waals surface area contributed by atoms with Crippen molar-refractivity contribution < 1.29 is 22.7 Å². The van der Waals surface area contributed by atoms with Crippen LogP contribution in [0.5, 0.6) is 0 Å². The topological polar surface area (TPSA) is 83.5 Å². The summed E-state index contributed by atoms with van der Waals surface area (Å²) in [6.07, 6.45) is -0.123. The molecule has 0 aromatic carbocycles. The Bertz CT molecular complexity index is 264. The number of hydrogen-bond acceptors (Lipinski definition) is 3. The molecule has 0 radical (unpaired) electrons. The number of carbonyl (C=O) groups is 1. The van der Waals surface area contributed by atoms with Gasteiger partial charge in [-0.05, 0) is 13.3 Å². The lowest BCUT2D eigenvalue weighted by molar-refractivity contribution is -0.138. The largest absolute Gasteiger partial charge is 0.480 e. The number of carboxylic acid groups (broad SMARTS) is 1. The molecule has 0 bridgehead atoms. The van der Waals surface area contributed by atoms with Crippen LogP contribution in [0.25, 0.3) is 0 Å². The summed E-state index contributed by atoms with van der Waals surface area (Å²) >= 11 is 0. The van der Waals surface area contributed by atoms with Crippen LogP contribution < -0.4 is 4.72 Å². The van der Waals surface area contributed by atoms with Crippen LogP contribution in [0, 0.1) is 0 Å². The lowest BCUT2D eigenvalue weighted by atomic mass is 10.4. The Morgan fingerprint density at radius 2 is 2.15 bits per heavy atom. The van der Waals surface area contributed by atoms with Gasteiger partial charge in [-0.2, -0.15) is 0 Å². The fourth-order valence-corrected chi connectivity index (χ4v) is 1.87. The number of hydrogen-bond donors (Lipinski definition) is 2. The van der Waals surface area contributed by atoms with Crippen LogP contribution in [0.4, 0.5) is 4.39 Å². The highest BCUT2D eigenvalue weighted by atomic mass is 32.2. The molecule has 1 atom stereocenters. The number of nitrogens with one attached hydrogen (secondary N) is 1. The first-order valence-corrected chi connectivity index (χ1v) is 5.33. The highest BCUT2D eigenvalue weighted by Crippen LogP contribution is 1.93. The second kappa shape index (κ2) is 5.13. The number of rotatable bonds is 6. The van der Waals surface area contributed by atoms with E-state index < -0.39 is 28.7 Å². The molecule has 7 heteroatoms. The molecule has 0 aliphatic rings. The van der Waals surface area contributed by atoms with Crippen molar-refractivity contribution in [3.05, 3.63) is 0 Å². The Morgan fingerprint density at radius 3 is 2.54 bits per heavy atom. The third-order valence-electron chi connectivity index (χ3n) is 1.27. The summed E-state index contributed by atoms with van der Waals surface area (Å²) in [5.41, 5.74) is 0. The third-order valence-corrected chi connectivity index (χ3v) is 2.81.